The molecular weight excluding hydrogens is 314 g/mol. The zero-order chi connectivity index (χ0) is 17.6. The van der Waals surface area contributed by atoms with Crippen LogP contribution in [0.3, 0.4) is 0 Å². The van der Waals surface area contributed by atoms with Gasteiger partial charge in [-0.2, -0.15) is 0 Å². The molecule has 0 N–H and O–H groups in total. The van der Waals surface area contributed by atoms with Gasteiger partial charge < -0.3 is 9.30 Å². The van der Waals surface area contributed by atoms with E-state index in [1.807, 2.05) is 47.0 Å². The summed E-state index contributed by atoms with van der Waals surface area (Å²) in [6.45, 7) is 3.34. The molecule has 0 bridgehead atoms. The summed E-state index contributed by atoms with van der Waals surface area (Å²) >= 11 is 0. The Bertz CT molecular complexity index is 733. The first-order chi connectivity index (χ1) is 12.2. The minimum atomic E-state index is -0.247. The summed E-state index contributed by atoms with van der Waals surface area (Å²) in [5.74, 6) is -0.406. The molecule has 132 valence electrons. The molecule has 1 atom stereocenters. The molecule has 0 saturated heterocycles. The Morgan fingerprint density at radius 3 is 2.64 bits per heavy atom. The average Bonchev–Trinajstić information content (AvgIpc) is 3.23. The molecule has 25 heavy (non-hydrogen) atoms. The van der Waals surface area contributed by atoms with E-state index in [1.54, 1.807) is 0 Å². The van der Waals surface area contributed by atoms with Gasteiger partial charge in [0.25, 0.3) is 0 Å². The fraction of sp³-hybridized carbons (Fsp3) is 0.429. The molecule has 2 aromatic rings. The van der Waals surface area contributed by atoms with Crippen LogP contribution in [-0.2, 0) is 16.1 Å². The second kappa shape index (κ2) is 8.15. The number of esters is 1. The van der Waals surface area contributed by atoms with Crippen LogP contribution in [0.1, 0.15) is 66.7 Å². The average molecular weight is 339 g/mol. The van der Waals surface area contributed by atoms with Gasteiger partial charge in [-0.25, -0.2) is 0 Å². The van der Waals surface area contributed by atoms with Gasteiger partial charge in [0.15, 0.2) is 0 Å². The molecule has 0 amide bonds. The van der Waals surface area contributed by atoms with Crippen molar-refractivity contribution in [3.05, 3.63) is 59.4 Å². The second-order valence-electron chi connectivity index (χ2n) is 6.56. The van der Waals surface area contributed by atoms with Gasteiger partial charge in [-0.15, -0.1) is 0 Å². The Balaban J connectivity index is 1.65. The third kappa shape index (κ3) is 3.84. The lowest BCUT2D eigenvalue weighted by Crippen LogP contribution is -2.14. The Morgan fingerprint density at radius 1 is 1.08 bits per heavy atom. The minimum Gasteiger partial charge on any atom is -0.465 e. The Morgan fingerprint density at radius 2 is 1.88 bits per heavy atom. The lowest BCUT2D eigenvalue weighted by atomic mass is 10.1. The SMILES string of the molecule is CCCCCCOC(=O)C1CCn2c(C(=O)c3ccccc3)ccc21. The molecule has 3 rings (SSSR count). The standard InChI is InChI=1S/C21H25NO3/c1-2-3-4-8-15-25-21(24)17-13-14-22-18(17)11-12-19(22)20(23)16-9-6-5-7-10-16/h5-7,9-12,17H,2-4,8,13-15H2,1H3. The van der Waals surface area contributed by atoms with Gasteiger partial charge in [-0.1, -0.05) is 56.5 Å². The summed E-state index contributed by atoms with van der Waals surface area (Å²) in [5.41, 5.74) is 2.22. The highest BCUT2D eigenvalue weighted by Crippen LogP contribution is 2.32. The summed E-state index contributed by atoms with van der Waals surface area (Å²) in [6, 6.07) is 13.0. The molecule has 4 nitrogen and oxygen atoms in total. The topological polar surface area (TPSA) is 48.3 Å². The van der Waals surface area contributed by atoms with E-state index in [9.17, 15) is 9.59 Å². The van der Waals surface area contributed by atoms with Gasteiger partial charge >= 0.3 is 5.97 Å². The van der Waals surface area contributed by atoms with Crippen LogP contribution < -0.4 is 0 Å². The number of benzene rings is 1. The summed E-state index contributed by atoms with van der Waals surface area (Å²) in [7, 11) is 0. The zero-order valence-electron chi connectivity index (χ0n) is 14.7. The van der Waals surface area contributed by atoms with Crippen molar-refractivity contribution in [3.63, 3.8) is 0 Å². The minimum absolute atomic E-state index is 0.000401. The molecule has 1 unspecified atom stereocenters. The lowest BCUT2D eigenvalue weighted by molar-refractivity contribution is -0.145. The van der Waals surface area contributed by atoms with Crippen LogP contribution in [0.4, 0.5) is 0 Å². The number of carbonyl (C=O) groups excluding carboxylic acids is 2. The first-order valence-electron chi connectivity index (χ1n) is 9.18. The van der Waals surface area contributed by atoms with E-state index in [1.165, 1.54) is 12.8 Å². The van der Waals surface area contributed by atoms with Gasteiger partial charge in [-0.05, 0) is 25.0 Å². The highest BCUT2D eigenvalue weighted by Gasteiger charge is 2.32. The maximum Gasteiger partial charge on any atom is 0.315 e. The Labute approximate surface area is 148 Å². The van der Waals surface area contributed by atoms with E-state index < -0.39 is 0 Å². The molecule has 1 aromatic carbocycles. The van der Waals surface area contributed by atoms with Crippen molar-refractivity contribution in [3.8, 4) is 0 Å². The van der Waals surface area contributed by atoms with Gasteiger partial charge in [-0.3, -0.25) is 9.59 Å². The summed E-state index contributed by atoms with van der Waals surface area (Å²) in [6.07, 6.45) is 5.07. The van der Waals surface area contributed by atoms with Crippen molar-refractivity contribution < 1.29 is 14.3 Å². The van der Waals surface area contributed by atoms with Crippen molar-refractivity contribution >= 4 is 11.8 Å². The largest absolute Gasteiger partial charge is 0.465 e. The van der Waals surface area contributed by atoms with Crippen LogP contribution in [0.15, 0.2) is 42.5 Å². The molecule has 2 heterocycles. The number of ketones is 1. The number of carbonyl (C=O) groups is 2. The zero-order valence-corrected chi connectivity index (χ0v) is 14.7. The van der Waals surface area contributed by atoms with E-state index in [4.69, 9.17) is 4.74 Å². The normalized spacial score (nSPS) is 15.8. The summed E-state index contributed by atoms with van der Waals surface area (Å²) < 4.78 is 7.42. The first-order valence-corrected chi connectivity index (χ1v) is 9.18. The van der Waals surface area contributed by atoms with Crippen LogP contribution in [-0.4, -0.2) is 22.9 Å². The molecule has 1 aliphatic heterocycles. The Kier molecular flexibility index (Phi) is 5.69. The van der Waals surface area contributed by atoms with Crippen molar-refractivity contribution in [2.24, 2.45) is 0 Å². The van der Waals surface area contributed by atoms with Gasteiger partial charge in [0.05, 0.1) is 18.2 Å². The van der Waals surface area contributed by atoms with E-state index in [2.05, 4.69) is 6.92 Å². The highest BCUT2D eigenvalue weighted by molar-refractivity contribution is 6.08. The fourth-order valence-corrected chi connectivity index (χ4v) is 3.42. The van der Waals surface area contributed by atoms with E-state index >= 15 is 0 Å². The van der Waals surface area contributed by atoms with Crippen molar-refractivity contribution in [2.75, 3.05) is 6.61 Å². The molecule has 0 saturated carbocycles. The van der Waals surface area contributed by atoms with Crippen molar-refractivity contribution in [1.29, 1.82) is 0 Å². The summed E-state index contributed by atoms with van der Waals surface area (Å²) in [4.78, 5) is 25.0. The number of ether oxygens (including phenoxy) is 1. The molecule has 1 aromatic heterocycles. The molecule has 0 aliphatic carbocycles. The predicted molar refractivity (Wildman–Crippen MR) is 96.8 cm³/mol. The maximum absolute atomic E-state index is 12.7. The molecule has 1 aliphatic rings. The molecule has 4 heteroatoms. The van der Waals surface area contributed by atoms with Crippen molar-refractivity contribution in [2.45, 2.75) is 51.5 Å². The van der Waals surface area contributed by atoms with Gasteiger partial charge in [0, 0.05) is 17.8 Å². The maximum atomic E-state index is 12.7. The van der Waals surface area contributed by atoms with E-state index in [0.717, 1.165) is 18.5 Å². The quantitative estimate of drug-likeness (QED) is 0.408. The number of fused-ring (bicyclic) bond motifs is 1. The first kappa shape index (κ1) is 17.5. The van der Waals surface area contributed by atoms with Gasteiger partial charge in [0.1, 0.15) is 0 Å². The monoisotopic (exact) mass is 339 g/mol. The number of rotatable bonds is 8. The predicted octanol–water partition coefficient (Wildman–Crippen LogP) is 4.33. The van der Waals surface area contributed by atoms with Crippen LogP contribution in [0.5, 0.6) is 0 Å². The van der Waals surface area contributed by atoms with Crippen LogP contribution in [0.25, 0.3) is 0 Å². The highest BCUT2D eigenvalue weighted by atomic mass is 16.5. The molecule has 0 fully saturated rings. The van der Waals surface area contributed by atoms with E-state index in [0.29, 0.717) is 30.8 Å². The second-order valence-corrected chi connectivity index (χ2v) is 6.56. The smallest absolute Gasteiger partial charge is 0.315 e. The van der Waals surface area contributed by atoms with Crippen LogP contribution >= 0.6 is 0 Å². The number of nitrogens with zero attached hydrogens (tertiary/aromatic N) is 1. The molecule has 0 radical (unpaired) electrons. The van der Waals surface area contributed by atoms with Crippen LogP contribution in [0.2, 0.25) is 0 Å². The summed E-state index contributed by atoms with van der Waals surface area (Å²) in [5, 5.41) is 0. The number of hydrogen-bond donors (Lipinski definition) is 0. The van der Waals surface area contributed by atoms with Gasteiger partial charge in [0.2, 0.25) is 5.78 Å². The van der Waals surface area contributed by atoms with Crippen LogP contribution in [0, 0.1) is 0 Å². The number of unbranched alkanes of at least 4 members (excludes halogenated alkanes) is 3. The lowest BCUT2D eigenvalue weighted by Gasteiger charge is -2.10. The van der Waals surface area contributed by atoms with Crippen molar-refractivity contribution in [1.82, 2.24) is 4.57 Å². The third-order valence-electron chi connectivity index (χ3n) is 4.81. The number of hydrogen-bond acceptors (Lipinski definition) is 3. The molecule has 0 spiro atoms. The third-order valence-corrected chi connectivity index (χ3v) is 4.81. The Hall–Kier alpha value is -2.36. The fourth-order valence-electron chi connectivity index (χ4n) is 3.42. The van der Waals surface area contributed by atoms with E-state index in [-0.39, 0.29) is 17.7 Å². The number of aromatic nitrogens is 1. The molecular formula is C21H25NO3.